The van der Waals surface area contributed by atoms with Gasteiger partial charge in [-0.15, -0.1) is 35.3 Å². The first-order chi connectivity index (χ1) is 9.06. The topological polar surface area (TPSA) is 0 Å². The van der Waals surface area contributed by atoms with Gasteiger partial charge in [-0.25, -0.2) is 0 Å². The molecule has 0 bridgehead atoms. The third-order valence-electron chi connectivity index (χ3n) is 2.32. The lowest BCUT2D eigenvalue weighted by Crippen LogP contribution is -1.94. The average molecular weight is 345 g/mol. The van der Waals surface area contributed by atoms with E-state index in [0.29, 0.717) is 5.25 Å². The number of thioether (sulfide) groups is 3. The van der Waals surface area contributed by atoms with Gasteiger partial charge in [0.2, 0.25) is 0 Å². The van der Waals surface area contributed by atoms with Crippen LogP contribution < -0.4 is 0 Å². The van der Waals surface area contributed by atoms with Crippen LogP contribution in [0.2, 0.25) is 0 Å². The summed E-state index contributed by atoms with van der Waals surface area (Å²) < 4.78 is 1.91. The molecule has 1 atom stereocenters. The smallest absolute Gasteiger partial charge is 0.104 e. The van der Waals surface area contributed by atoms with E-state index in [0.717, 1.165) is 13.3 Å². The Morgan fingerprint density at radius 2 is 1.95 bits per heavy atom. The minimum Gasteiger partial charge on any atom is -0.117 e. The second kappa shape index (κ2) is 9.19. The van der Waals surface area contributed by atoms with Gasteiger partial charge in [0, 0.05) is 5.25 Å². The van der Waals surface area contributed by atoms with Crippen LogP contribution in [0.1, 0.15) is 18.1 Å². The van der Waals surface area contributed by atoms with Gasteiger partial charge < -0.3 is 0 Å². The summed E-state index contributed by atoms with van der Waals surface area (Å²) in [6.07, 6.45) is 8.33. The molecule has 1 unspecified atom stereocenters. The molecule has 0 fully saturated rings. The van der Waals surface area contributed by atoms with Crippen molar-refractivity contribution in [2.75, 3.05) is 12.5 Å². The van der Waals surface area contributed by atoms with E-state index < -0.39 is 0 Å². The maximum absolute atomic E-state index is 5.30. The predicted molar refractivity (Wildman–Crippen MR) is 104 cm³/mol. The van der Waals surface area contributed by atoms with Crippen molar-refractivity contribution in [2.45, 2.75) is 12.2 Å². The van der Waals surface area contributed by atoms with Crippen LogP contribution in [0.15, 0.2) is 30.3 Å². The van der Waals surface area contributed by atoms with Crippen LogP contribution >= 0.6 is 59.7 Å². The first-order valence-electron chi connectivity index (χ1n) is 5.68. The first kappa shape index (κ1) is 17.2. The minimum atomic E-state index is 0.385. The summed E-state index contributed by atoms with van der Waals surface area (Å²) in [6.45, 7) is 2.15. The number of benzene rings is 1. The maximum atomic E-state index is 5.30. The van der Waals surface area contributed by atoms with E-state index >= 15 is 0 Å². The van der Waals surface area contributed by atoms with Crippen LogP contribution in [0.25, 0.3) is 6.08 Å². The zero-order valence-electron chi connectivity index (χ0n) is 11.1. The second-order valence-corrected chi connectivity index (χ2v) is 8.62. The standard InChI is InChI=1S/C14H16S5/c1-10(19-14(16)18-3)7-8-11-5-4-6-12(9-11)13(15)17-2/h4-10H,1-3H3/b8-7-. The normalized spacial score (nSPS) is 12.6. The van der Waals surface area contributed by atoms with Crippen LogP contribution in [-0.4, -0.2) is 25.5 Å². The molecule has 0 amide bonds. The molecule has 0 heterocycles. The Labute approximate surface area is 139 Å². The lowest BCUT2D eigenvalue weighted by atomic mass is 10.1. The fraction of sp³-hybridized carbons (Fsp3) is 0.286. The Hall–Kier alpha value is 0.190. The van der Waals surface area contributed by atoms with Gasteiger partial charge in [-0.05, 0) is 36.6 Å². The quantitative estimate of drug-likeness (QED) is 0.659. The van der Waals surface area contributed by atoms with Crippen LogP contribution in [0.5, 0.6) is 0 Å². The van der Waals surface area contributed by atoms with Crippen molar-refractivity contribution in [1.82, 2.24) is 0 Å². The van der Waals surface area contributed by atoms with Gasteiger partial charge in [0.05, 0.1) is 4.20 Å². The average Bonchev–Trinajstić information content (AvgIpc) is 2.44. The van der Waals surface area contributed by atoms with Gasteiger partial charge in [-0.2, -0.15) is 0 Å². The fourth-order valence-corrected chi connectivity index (χ4v) is 3.62. The highest BCUT2D eigenvalue weighted by molar-refractivity contribution is 8.47. The van der Waals surface area contributed by atoms with Crippen molar-refractivity contribution in [3.8, 4) is 0 Å². The first-order valence-corrected chi connectivity index (χ1v) is 9.82. The van der Waals surface area contributed by atoms with Crippen molar-refractivity contribution >= 4 is 73.5 Å². The SMILES string of the molecule is CSC(=S)SC(C)/C=C\c1cccc(C(=S)SC)c1. The molecule has 1 rings (SSSR count). The molecule has 0 N–H and O–H groups in total. The number of thiocarbonyl (C=S) groups is 2. The fourth-order valence-electron chi connectivity index (χ4n) is 1.37. The maximum Gasteiger partial charge on any atom is 0.104 e. The summed E-state index contributed by atoms with van der Waals surface area (Å²) in [4.78, 5) is 0. The van der Waals surface area contributed by atoms with E-state index in [1.54, 1.807) is 35.3 Å². The van der Waals surface area contributed by atoms with E-state index in [9.17, 15) is 0 Å². The van der Waals surface area contributed by atoms with Gasteiger partial charge in [0.25, 0.3) is 0 Å². The van der Waals surface area contributed by atoms with Crippen molar-refractivity contribution in [1.29, 1.82) is 0 Å². The highest BCUT2D eigenvalue weighted by Gasteiger charge is 2.02. The summed E-state index contributed by atoms with van der Waals surface area (Å²) in [5.41, 5.74) is 2.29. The number of hydrogen-bond acceptors (Lipinski definition) is 5. The molecule has 0 spiro atoms. The van der Waals surface area contributed by atoms with E-state index in [4.69, 9.17) is 24.4 Å². The summed E-state index contributed by atoms with van der Waals surface area (Å²) in [7, 11) is 0. The van der Waals surface area contributed by atoms with Crippen LogP contribution in [-0.2, 0) is 0 Å². The highest BCUT2D eigenvalue weighted by atomic mass is 32.2. The molecule has 0 aliphatic rings. The summed E-state index contributed by atoms with van der Waals surface area (Å²) in [5, 5.41) is 0.385. The Morgan fingerprint density at radius 3 is 2.58 bits per heavy atom. The van der Waals surface area contributed by atoms with E-state index in [-0.39, 0.29) is 0 Å². The Kier molecular flexibility index (Phi) is 8.34. The molecular weight excluding hydrogens is 328 g/mol. The summed E-state index contributed by atoms with van der Waals surface area (Å²) in [6, 6.07) is 8.31. The molecular formula is C14H16S5. The van der Waals surface area contributed by atoms with Crippen LogP contribution in [0.4, 0.5) is 0 Å². The minimum absolute atomic E-state index is 0.385. The molecule has 0 nitrogen and oxygen atoms in total. The number of hydrogen-bond donors (Lipinski definition) is 0. The van der Waals surface area contributed by atoms with Gasteiger partial charge in [0.15, 0.2) is 0 Å². The predicted octanol–water partition coefficient (Wildman–Crippen LogP) is 5.51. The molecule has 0 saturated carbocycles. The third-order valence-corrected chi connectivity index (χ3v) is 6.29. The largest absolute Gasteiger partial charge is 0.117 e. The Bertz CT molecular complexity index is 478. The van der Waals surface area contributed by atoms with Gasteiger partial charge in [-0.3, -0.25) is 0 Å². The molecule has 0 radical (unpaired) electrons. The molecule has 19 heavy (non-hydrogen) atoms. The lowest BCUT2D eigenvalue weighted by molar-refractivity contribution is 1.27. The zero-order chi connectivity index (χ0) is 14.3. The van der Waals surface area contributed by atoms with E-state index in [1.807, 2.05) is 18.6 Å². The third kappa shape index (κ3) is 6.45. The molecule has 0 aliphatic heterocycles. The Morgan fingerprint density at radius 1 is 1.21 bits per heavy atom. The Balaban J connectivity index is 2.71. The second-order valence-electron chi connectivity index (χ2n) is 3.75. The molecule has 0 saturated heterocycles. The molecule has 102 valence electrons. The van der Waals surface area contributed by atoms with Crippen LogP contribution in [0, 0.1) is 0 Å². The van der Waals surface area contributed by atoms with Crippen LogP contribution in [0.3, 0.4) is 0 Å². The van der Waals surface area contributed by atoms with Crippen molar-refractivity contribution in [3.05, 3.63) is 41.5 Å². The van der Waals surface area contributed by atoms with Gasteiger partial charge >= 0.3 is 0 Å². The van der Waals surface area contributed by atoms with Crippen molar-refractivity contribution in [2.24, 2.45) is 0 Å². The lowest BCUT2D eigenvalue weighted by Gasteiger charge is -2.05. The molecule has 0 aromatic heterocycles. The zero-order valence-corrected chi connectivity index (χ0v) is 15.2. The van der Waals surface area contributed by atoms with E-state index in [1.165, 1.54) is 5.56 Å². The van der Waals surface area contributed by atoms with Gasteiger partial charge in [-0.1, -0.05) is 54.8 Å². The molecule has 0 aliphatic carbocycles. The summed E-state index contributed by atoms with van der Waals surface area (Å²) in [5.74, 6) is 0. The van der Waals surface area contributed by atoms with Gasteiger partial charge in [0.1, 0.15) is 3.53 Å². The molecule has 5 heteroatoms. The highest BCUT2D eigenvalue weighted by Crippen LogP contribution is 2.22. The van der Waals surface area contributed by atoms with Crippen molar-refractivity contribution < 1.29 is 0 Å². The summed E-state index contributed by atoms with van der Waals surface area (Å²) >= 11 is 15.5. The number of rotatable bonds is 4. The molecule has 1 aromatic carbocycles. The monoisotopic (exact) mass is 344 g/mol. The van der Waals surface area contributed by atoms with Crippen molar-refractivity contribution in [3.63, 3.8) is 0 Å². The van der Waals surface area contributed by atoms with E-state index in [2.05, 4.69) is 37.3 Å². The molecule has 1 aromatic rings.